The number of nitrogens with one attached hydrogen (secondary N) is 1. The molecule has 9 heteroatoms. The van der Waals surface area contributed by atoms with Gasteiger partial charge < -0.3 is 20.5 Å². The zero-order valence-corrected chi connectivity index (χ0v) is 22.3. The van der Waals surface area contributed by atoms with Crippen LogP contribution in [-0.4, -0.2) is 56.1 Å². The Morgan fingerprint density at radius 1 is 1.13 bits per heavy atom. The van der Waals surface area contributed by atoms with E-state index >= 15 is 0 Å². The van der Waals surface area contributed by atoms with Crippen LogP contribution in [0.1, 0.15) is 36.2 Å². The van der Waals surface area contributed by atoms with E-state index in [0.29, 0.717) is 22.7 Å². The third kappa shape index (κ3) is 5.52. The molecule has 1 aliphatic rings. The molecule has 1 fully saturated rings. The maximum absolute atomic E-state index is 14.4. The van der Waals surface area contributed by atoms with Crippen LogP contribution in [0, 0.1) is 0 Å². The first-order valence-corrected chi connectivity index (χ1v) is 13.3. The Kier molecular flexibility index (Phi) is 7.65. The highest BCUT2D eigenvalue weighted by atomic mass is 35.5. The van der Waals surface area contributed by atoms with Crippen molar-refractivity contribution in [1.82, 2.24) is 19.8 Å². The predicted molar refractivity (Wildman–Crippen MR) is 150 cm³/mol. The van der Waals surface area contributed by atoms with Crippen LogP contribution in [0.3, 0.4) is 0 Å². The Hall–Kier alpha value is -4.17. The molecule has 0 spiro atoms. The molecule has 2 heterocycles. The van der Waals surface area contributed by atoms with Gasteiger partial charge >= 0.3 is 0 Å². The Morgan fingerprint density at radius 2 is 1.90 bits per heavy atom. The molecule has 0 bridgehead atoms. The Morgan fingerprint density at radius 3 is 2.64 bits per heavy atom. The number of nitrogens with two attached hydrogens (primary N) is 1. The molecule has 39 heavy (non-hydrogen) atoms. The van der Waals surface area contributed by atoms with Crippen molar-refractivity contribution in [3.05, 3.63) is 101 Å². The number of H-pyrrole nitrogens is 1. The largest absolute Gasteiger partial charge is 0.368 e. The van der Waals surface area contributed by atoms with Crippen molar-refractivity contribution in [1.29, 1.82) is 0 Å². The van der Waals surface area contributed by atoms with Crippen molar-refractivity contribution < 1.29 is 14.4 Å². The number of imidazole rings is 1. The van der Waals surface area contributed by atoms with Crippen molar-refractivity contribution in [2.24, 2.45) is 5.73 Å². The normalized spacial score (nSPS) is 18.7. The first kappa shape index (κ1) is 26.4. The molecule has 3 unspecified atom stereocenters. The molecule has 1 saturated heterocycles. The molecule has 0 saturated carbocycles. The van der Waals surface area contributed by atoms with E-state index in [1.807, 2.05) is 49.4 Å². The minimum atomic E-state index is -0.967. The van der Waals surface area contributed by atoms with Gasteiger partial charge in [0.15, 0.2) is 0 Å². The molecular weight excluding hydrogens is 514 g/mol. The van der Waals surface area contributed by atoms with Gasteiger partial charge in [0.2, 0.25) is 11.8 Å². The van der Waals surface area contributed by atoms with E-state index in [1.54, 1.807) is 40.3 Å². The summed E-state index contributed by atoms with van der Waals surface area (Å²) in [5, 5.41) is 2.50. The number of fused-ring (bicyclic) bond motifs is 1. The van der Waals surface area contributed by atoms with Gasteiger partial charge in [-0.3, -0.25) is 14.4 Å². The van der Waals surface area contributed by atoms with Gasteiger partial charge in [0.05, 0.1) is 12.7 Å². The van der Waals surface area contributed by atoms with E-state index in [2.05, 4.69) is 9.97 Å². The topological polar surface area (TPSA) is 112 Å². The zero-order valence-electron chi connectivity index (χ0n) is 21.6. The number of nitrogens with zero attached hydrogens (tertiary/aromatic N) is 3. The lowest BCUT2D eigenvalue weighted by Gasteiger charge is -2.36. The van der Waals surface area contributed by atoms with E-state index in [4.69, 9.17) is 17.3 Å². The summed E-state index contributed by atoms with van der Waals surface area (Å²) in [7, 11) is 0. The van der Waals surface area contributed by atoms with E-state index in [1.165, 1.54) is 6.33 Å². The second-order valence-corrected chi connectivity index (χ2v) is 10.4. The van der Waals surface area contributed by atoms with Gasteiger partial charge in [-0.05, 0) is 47.4 Å². The number of amides is 3. The monoisotopic (exact) mass is 543 g/mol. The van der Waals surface area contributed by atoms with Crippen LogP contribution in [0.2, 0.25) is 5.02 Å². The highest BCUT2D eigenvalue weighted by molar-refractivity contribution is 6.30. The minimum absolute atomic E-state index is 0.0595. The second kappa shape index (κ2) is 11.3. The maximum Gasteiger partial charge on any atom is 0.250 e. The summed E-state index contributed by atoms with van der Waals surface area (Å²) in [5.74, 6) is -1.17. The standard InChI is InChI=1S/C30H30ClN5O3/c1-19-12-13-35(26(29(32)38)15-21-8-4-7-20-6-2-3-11-25(20)21)30(39)28(22-9-5-10-23(31)14-22)36(19)27(37)16-24-17-33-18-34-24/h2-11,14,17-19,26,28H,12-13,15-16H2,1H3,(H2,32,38)(H,33,34). The summed E-state index contributed by atoms with van der Waals surface area (Å²) in [6.07, 6.45) is 3.92. The zero-order chi connectivity index (χ0) is 27.5. The average molecular weight is 544 g/mol. The number of primary amides is 1. The minimum Gasteiger partial charge on any atom is -0.368 e. The molecule has 8 nitrogen and oxygen atoms in total. The number of rotatable bonds is 7. The summed E-state index contributed by atoms with van der Waals surface area (Å²) < 4.78 is 0. The molecule has 1 aliphatic heterocycles. The van der Waals surface area contributed by atoms with Crippen LogP contribution >= 0.6 is 11.6 Å². The number of carbonyl (C=O) groups is 3. The third-order valence-electron chi connectivity index (χ3n) is 7.40. The average Bonchev–Trinajstić information content (AvgIpc) is 3.39. The van der Waals surface area contributed by atoms with Gasteiger partial charge in [0.25, 0.3) is 5.91 Å². The lowest BCUT2D eigenvalue weighted by molar-refractivity contribution is -0.148. The Balaban J connectivity index is 1.54. The first-order chi connectivity index (χ1) is 18.8. The summed E-state index contributed by atoms with van der Waals surface area (Å²) in [6, 6.07) is 18.6. The van der Waals surface area contributed by atoms with Crippen molar-refractivity contribution in [3.63, 3.8) is 0 Å². The number of hydrogen-bond acceptors (Lipinski definition) is 4. The van der Waals surface area contributed by atoms with Crippen LogP contribution < -0.4 is 5.73 Å². The molecule has 3 amide bonds. The summed E-state index contributed by atoms with van der Waals surface area (Å²) >= 11 is 6.33. The van der Waals surface area contributed by atoms with Gasteiger partial charge in [-0.2, -0.15) is 0 Å². The van der Waals surface area contributed by atoms with Crippen molar-refractivity contribution in [2.75, 3.05) is 6.54 Å². The van der Waals surface area contributed by atoms with Crippen LogP contribution in [0.25, 0.3) is 10.8 Å². The van der Waals surface area contributed by atoms with Gasteiger partial charge in [-0.15, -0.1) is 0 Å². The van der Waals surface area contributed by atoms with Gasteiger partial charge in [0, 0.05) is 35.9 Å². The first-order valence-electron chi connectivity index (χ1n) is 12.9. The maximum atomic E-state index is 14.4. The molecule has 3 N–H and O–H groups in total. The van der Waals surface area contributed by atoms with E-state index in [-0.39, 0.29) is 37.2 Å². The van der Waals surface area contributed by atoms with Crippen LogP contribution in [-0.2, 0) is 27.2 Å². The summed E-state index contributed by atoms with van der Waals surface area (Å²) in [4.78, 5) is 51.1. The Labute approximate surface area is 231 Å². The molecule has 3 aromatic carbocycles. The SMILES string of the molecule is CC1CCN(C(Cc2cccc3ccccc23)C(N)=O)C(=O)C(c2cccc(Cl)c2)N1C(=O)Cc1cnc[nH]1. The Bertz CT molecular complexity index is 1500. The van der Waals surface area contributed by atoms with Crippen molar-refractivity contribution >= 4 is 40.1 Å². The highest BCUT2D eigenvalue weighted by Crippen LogP contribution is 2.33. The number of aromatic nitrogens is 2. The summed E-state index contributed by atoms with van der Waals surface area (Å²) in [5.41, 5.74) is 8.11. The second-order valence-electron chi connectivity index (χ2n) is 9.94. The van der Waals surface area contributed by atoms with Crippen LogP contribution in [0.15, 0.2) is 79.3 Å². The van der Waals surface area contributed by atoms with Crippen molar-refractivity contribution in [2.45, 2.75) is 44.3 Å². The quantitative estimate of drug-likeness (QED) is 0.366. The molecule has 4 aromatic rings. The van der Waals surface area contributed by atoms with Gasteiger partial charge in [-0.25, -0.2) is 4.98 Å². The lowest BCUT2D eigenvalue weighted by atomic mass is 9.96. The molecule has 200 valence electrons. The number of benzene rings is 3. The lowest BCUT2D eigenvalue weighted by Crippen LogP contribution is -2.52. The molecule has 1 aromatic heterocycles. The molecule has 5 rings (SSSR count). The van der Waals surface area contributed by atoms with Crippen molar-refractivity contribution in [3.8, 4) is 0 Å². The van der Waals surface area contributed by atoms with E-state index in [9.17, 15) is 14.4 Å². The predicted octanol–water partition coefficient (Wildman–Crippen LogP) is 4.05. The van der Waals surface area contributed by atoms with E-state index < -0.39 is 18.0 Å². The van der Waals surface area contributed by atoms with Gasteiger partial charge in [0.1, 0.15) is 12.1 Å². The molecule has 0 radical (unpaired) electrons. The fourth-order valence-corrected chi connectivity index (χ4v) is 5.66. The number of aromatic amines is 1. The fraction of sp³-hybridized carbons (Fsp3) is 0.267. The molecule has 3 atom stereocenters. The molecule has 0 aliphatic carbocycles. The van der Waals surface area contributed by atoms with E-state index in [0.717, 1.165) is 16.3 Å². The van der Waals surface area contributed by atoms with Gasteiger partial charge in [-0.1, -0.05) is 66.2 Å². The highest BCUT2D eigenvalue weighted by Gasteiger charge is 2.43. The van der Waals surface area contributed by atoms with Crippen LogP contribution in [0.4, 0.5) is 0 Å². The summed E-state index contributed by atoms with van der Waals surface area (Å²) in [6.45, 7) is 2.20. The number of hydrogen-bond donors (Lipinski definition) is 2. The number of halogens is 1. The number of carbonyl (C=O) groups excluding carboxylic acids is 3. The fourth-order valence-electron chi connectivity index (χ4n) is 5.46. The third-order valence-corrected chi connectivity index (χ3v) is 7.64. The molecular formula is C30H30ClN5O3. The smallest absolute Gasteiger partial charge is 0.250 e. The van der Waals surface area contributed by atoms with Crippen LogP contribution in [0.5, 0.6) is 0 Å².